The van der Waals surface area contributed by atoms with Crippen molar-refractivity contribution in [1.82, 2.24) is 34.0 Å². The Morgan fingerprint density at radius 2 is 2.00 bits per heavy atom. The molecular weight excluding hydrogens is 442 g/mol. The van der Waals surface area contributed by atoms with Gasteiger partial charge < -0.3 is 20.5 Å². The number of hydrogen-bond acceptors (Lipinski definition) is 7. The van der Waals surface area contributed by atoms with Gasteiger partial charge in [0.25, 0.3) is 6.43 Å². The van der Waals surface area contributed by atoms with E-state index in [9.17, 15) is 13.2 Å². The predicted molar refractivity (Wildman–Crippen MR) is 114 cm³/mol. The molecule has 0 bridgehead atoms. The summed E-state index contributed by atoms with van der Waals surface area (Å²) < 4.78 is 57.7. The van der Waals surface area contributed by atoms with Crippen molar-refractivity contribution in [1.29, 1.82) is 0 Å². The number of nitrogens with two attached hydrogens (primary N) is 1. The molecule has 0 saturated carbocycles. The van der Waals surface area contributed by atoms with Gasteiger partial charge in [-0.2, -0.15) is 4.98 Å². The summed E-state index contributed by atoms with van der Waals surface area (Å²) in [5.41, 5.74) is 7.13. The van der Waals surface area contributed by atoms with Crippen LogP contribution < -0.4 is 11.1 Å². The third kappa shape index (κ3) is 3.71. The number of anilines is 2. The second-order valence-electron chi connectivity index (χ2n) is 8.15. The molecule has 0 aromatic carbocycles. The first-order valence-electron chi connectivity index (χ1n) is 10.3. The summed E-state index contributed by atoms with van der Waals surface area (Å²) >= 11 is 0. The molecule has 1 saturated heterocycles. The lowest BCUT2D eigenvalue weighted by atomic mass is 10.1. The minimum absolute atomic E-state index is 0.0346. The number of alkyl halides is 3. The number of nitrogen functional groups attached to an aromatic ring is 1. The Balaban J connectivity index is 1.57. The van der Waals surface area contributed by atoms with Gasteiger partial charge in [-0.05, 0) is 26.1 Å². The van der Waals surface area contributed by atoms with Crippen molar-refractivity contribution in [3.63, 3.8) is 0 Å². The van der Waals surface area contributed by atoms with Crippen LogP contribution in [-0.2, 0) is 6.54 Å². The van der Waals surface area contributed by atoms with Crippen LogP contribution in [0.25, 0.3) is 27.9 Å². The lowest BCUT2D eigenvalue weighted by Gasteiger charge is -2.15. The number of nitrogens with zero attached hydrogens (tertiary/aromatic N) is 7. The van der Waals surface area contributed by atoms with Crippen molar-refractivity contribution in [2.24, 2.45) is 0 Å². The smallest absolute Gasteiger partial charge is 0.256 e. The van der Waals surface area contributed by atoms with Gasteiger partial charge >= 0.3 is 0 Å². The average molecular weight is 463 g/mol. The third-order valence-corrected chi connectivity index (χ3v) is 5.72. The van der Waals surface area contributed by atoms with Gasteiger partial charge in [0.1, 0.15) is 23.0 Å². The van der Waals surface area contributed by atoms with Crippen LogP contribution >= 0.6 is 0 Å². The molecule has 174 valence electrons. The number of halogens is 4. The van der Waals surface area contributed by atoms with Crippen molar-refractivity contribution in [3.8, 4) is 11.3 Å². The van der Waals surface area contributed by atoms with Gasteiger partial charge in [0.15, 0.2) is 17.3 Å². The number of imidazole rings is 1. The highest BCUT2D eigenvalue weighted by molar-refractivity contribution is 5.89. The van der Waals surface area contributed by atoms with Gasteiger partial charge in [0, 0.05) is 13.1 Å². The van der Waals surface area contributed by atoms with Crippen molar-refractivity contribution < 1.29 is 17.6 Å². The zero-order valence-corrected chi connectivity index (χ0v) is 17.8. The second kappa shape index (κ2) is 7.83. The van der Waals surface area contributed by atoms with E-state index < -0.39 is 31.0 Å². The van der Waals surface area contributed by atoms with Gasteiger partial charge in [-0.15, -0.1) is 5.10 Å². The average Bonchev–Trinajstić information content (AvgIpc) is 3.34. The molecule has 13 heteroatoms. The normalized spacial score (nSPS) is 19.4. The molecule has 1 aliphatic rings. The molecule has 0 amide bonds. The fraction of sp³-hybridized carbons (Fsp3) is 0.400. The maximum Gasteiger partial charge on any atom is 0.256 e. The fourth-order valence-corrected chi connectivity index (χ4v) is 4.25. The number of rotatable bonds is 5. The maximum atomic E-state index is 15.0. The van der Waals surface area contributed by atoms with Crippen LogP contribution in [0, 0.1) is 12.7 Å². The summed E-state index contributed by atoms with van der Waals surface area (Å²) in [5.74, 6) is -0.258. The lowest BCUT2D eigenvalue weighted by molar-refractivity contribution is 0.127. The van der Waals surface area contributed by atoms with E-state index >= 15 is 4.39 Å². The fourth-order valence-electron chi connectivity index (χ4n) is 4.25. The molecule has 2 atom stereocenters. The van der Waals surface area contributed by atoms with Gasteiger partial charge in [-0.1, -0.05) is 0 Å². The molecule has 0 radical (unpaired) electrons. The van der Waals surface area contributed by atoms with Crippen LogP contribution in [0.5, 0.6) is 0 Å². The minimum Gasteiger partial charge on any atom is -0.382 e. The Hall–Kier alpha value is -3.48. The first kappa shape index (κ1) is 21.4. The lowest BCUT2D eigenvalue weighted by Crippen LogP contribution is -2.30. The standard InChI is InChI=1S/C20H21F4N9/c1-9-26-13-4-3-12(27-19(13)32(9)8-15(23)24)16-11(22)6-33-17(16)18(25)29-20(30-33)28-14-7-31(2)5-10(14)21/h3-4,6,10,14-15H,5,7-8H2,1-2H3,(H3,25,28,29,30)/t10-,14+/m0/s1. The molecule has 0 spiro atoms. The highest BCUT2D eigenvalue weighted by atomic mass is 19.3. The van der Waals surface area contributed by atoms with E-state index in [2.05, 4.69) is 25.4 Å². The van der Waals surface area contributed by atoms with Gasteiger partial charge in [0.2, 0.25) is 5.95 Å². The number of hydrogen-bond donors (Lipinski definition) is 2. The largest absolute Gasteiger partial charge is 0.382 e. The second-order valence-corrected chi connectivity index (χ2v) is 8.15. The van der Waals surface area contributed by atoms with Crippen molar-refractivity contribution in [2.75, 3.05) is 31.2 Å². The maximum absolute atomic E-state index is 15.0. The number of aryl methyl sites for hydroxylation is 1. The SMILES string of the molecule is Cc1nc2ccc(-c3c(F)cn4nc(N[C@@H]5CN(C)C[C@@H]5F)nc(N)c34)nc2n1CC(F)F. The summed E-state index contributed by atoms with van der Waals surface area (Å²) in [6.45, 7) is 1.77. The summed E-state index contributed by atoms with van der Waals surface area (Å²) in [7, 11) is 1.80. The Bertz CT molecular complexity index is 1350. The van der Waals surface area contributed by atoms with Crippen molar-refractivity contribution in [2.45, 2.75) is 32.1 Å². The van der Waals surface area contributed by atoms with E-state index in [0.29, 0.717) is 17.9 Å². The Labute approximate surface area is 185 Å². The van der Waals surface area contributed by atoms with Gasteiger partial charge in [-0.3, -0.25) is 0 Å². The molecule has 33 heavy (non-hydrogen) atoms. The third-order valence-electron chi connectivity index (χ3n) is 5.72. The van der Waals surface area contributed by atoms with E-state index in [1.54, 1.807) is 20.0 Å². The summed E-state index contributed by atoms with van der Waals surface area (Å²) in [4.78, 5) is 14.7. The quantitative estimate of drug-likeness (QED) is 0.439. The highest BCUT2D eigenvalue weighted by Gasteiger charge is 2.31. The van der Waals surface area contributed by atoms with Crippen LogP contribution in [0.3, 0.4) is 0 Å². The summed E-state index contributed by atoms with van der Waals surface area (Å²) in [6.07, 6.45) is -2.59. The zero-order valence-electron chi connectivity index (χ0n) is 17.8. The molecule has 5 heterocycles. The van der Waals surface area contributed by atoms with Crippen LogP contribution in [0.4, 0.5) is 29.3 Å². The molecule has 4 aromatic rings. The van der Waals surface area contributed by atoms with Gasteiger partial charge in [0.05, 0.1) is 30.0 Å². The van der Waals surface area contributed by atoms with Crippen LogP contribution in [0.1, 0.15) is 5.82 Å². The number of likely N-dealkylation sites (tertiary alicyclic amines) is 1. The first-order valence-corrected chi connectivity index (χ1v) is 10.3. The van der Waals surface area contributed by atoms with E-state index in [-0.39, 0.29) is 40.7 Å². The molecule has 0 aliphatic carbocycles. The monoisotopic (exact) mass is 463 g/mol. The molecule has 1 aliphatic heterocycles. The Morgan fingerprint density at radius 1 is 1.21 bits per heavy atom. The Kier molecular flexibility index (Phi) is 5.07. The van der Waals surface area contributed by atoms with Crippen LogP contribution in [0.15, 0.2) is 18.3 Å². The molecule has 3 N–H and O–H groups in total. The van der Waals surface area contributed by atoms with E-state index in [1.165, 1.54) is 15.1 Å². The topological polar surface area (TPSA) is 102 Å². The number of aromatic nitrogens is 6. The summed E-state index contributed by atoms with van der Waals surface area (Å²) in [6, 6.07) is 2.60. The van der Waals surface area contributed by atoms with E-state index in [4.69, 9.17) is 5.73 Å². The first-order chi connectivity index (χ1) is 15.7. The van der Waals surface area contributed by atoms with E-state index in [0.717, 1.165) is 6.20 Å². The van der Waals surface area contributed by atoms with E-state index in [1.807, 2.05) is 4.90 Å². The molecule has 4 aromatic heterocycles. The van der Waals surface area contributed by atoms with Crippen LogP contribution in [0.2, 0.25) is 0 Å². The predicted octanol–water partition coefficient (Wildman–Crippen LogP) is 2.50. The Morgan fingerprint density at radius 3 is 2.70 bits per heavy atom. The summed E-state index contributed by atoms with van der Waals surface area (Å²) in [5, 5.41) is 7.15. The molecular formula is C20H21F4N9. The zero-order chi connectivity index (χ0) is 23.4. The van der Waals surface area contributed by atoms with Crippen molar-refractivity contribution in [3.05, 3.63) is 30.0 Å². The van der Waals surface area contributed by atoms with Crippen LogP contribution in [-0.4, -0.2) is 72.8 Å². The number of likely N-dealkylation sites (N-methyl/N-ethyl adjacent to an activating group) is 1. The number of fused-ring (bicyclic) bond motifs is 2. The molecule has 5 rings (SSSR count). The molecule has 1 fully saturated rings. The van der Waals surface area contributed by atoms with Crippen molar-refractivity contribution >= 4 is 28.4 Å². The molecule has 0 unspecified atom stereocenters. The number of nitrogens with one attached hydrogen (secondary N) is 1. The molecule has 9 nitrogen and oxygen atoms in total. The highest BCUT2D eigenvalue weighted by Crippen LogP contribution is 2.32. The number of pyridine rings is 1. The minimum atomic E-state index is -2.60. The van der Waals surface area contributed by atoms with Gasteiger partial charge in [-0.25, -0.2) is 32.0 Å².